The van der Waals surface area contributed by atoms with Crippen molar-refractivity contribution < 1.29 is 4.79 Å². The van der Waals surface area contributed by atoms with Crippen molar-refractivity contribution in [2.24, 2.45) is 12.0 Å². The summed E-state index contributed by atoms with van der Waals surface area (Å²) in [5.41, 5.74) is 4.31. The molecule has 1 amide bonds. The molecule has 0 fully saturated rings. The summed E-state index contributed by atoms with van der Waals surface area (Å²) in [6.45, 7) is 0. The van der Waals surface area contributed by atoms with Crippen LogP contribution in [-0.4, -0.2) is 15.5 Å². The lowest BCUT2D eigenvalue weighted by Gasteiger charge is -2.16. The lowest BCUT2D eigenvalue weighted by atomic mass is 9.93. The first-order chi connectivity index (χ1) is 11.2. The molecule has 5 heteroatoms. The highest BCUT2D eigenvalue weighted by atomic mass is 32.1. The summed E-state index contributed by atoms with van der Waals surface area (Å²) in [7, 11) is 1.98. The van der Waals surface area contributed by atoms with Crippen LogP contribution in [0.3, 0.4) is 0 Å². The van der Waals surface area contributed by atoms with Gasteiger partial charge in [-0.2, -0.15) is 4.99 Å². The number of amides is 1. The molecule has 1 aliphatic rings. The molecular weight excluding hydrogens is 306 g/mol. The van der Waals surface area contributed by atoms with E-state index >= 15 is 0 Å². The van der Waals surface area contributed by atoms with Crippen molar-refractivity contribution in [1.29, 1.82) is 0 Å². The largest absolute Gasteiger partial charge is 0.319 e. The highest BCUT2D eigenvalue weighted by Crippen LogP contribution is 2.34. The standard InChI is InChI=1S/C18H15N3OS/c1-21-16-14-7-3-2-5-12(14)8-9-15(16)23-18(21)20-17(22)13-6-4-10-19-11-13/h2-7,10-11H,8-9H2,1H3. The summed E-state index contributed by atoms with van der Waals surface area (Å²) < 4.78 is 2.03. The van der Waals surface area contributed by atoms with Gasteiger partial charge in [-0.15, -0.1) is 11.3 Å². The van der Waals surface area contributed by atoms with Crippen molar-refractivity contribution in [2.45, 2.75) is 12.8 Å². The number of pyridine rings is 1. The summed E-state index contributed by atoms with van der Waals surface area (Å²) in [4.78, 5) is 22.6. The number of hydrogen-bond acceptors (Lipinski definition) is 3. The molecule has 1 aliphatic carbocycles. The zero-order valence-electron chi connectivity index (χ0n) is 12.7. The van der Waals surface area contributed by atoms with Crippen molar-refractivity contribution in [3.63, 3.8) is 0 Å². The molecule has 0 N–H and O–H groups in total. The molecule has 0 bridgehead atoms. The van der Waals surface area contributed by atoms with Crippen molar-refractivity contribution in [3.8, 4) is 11.3 Å². The molecule has 23 heavy (non-hydrogen) atoms. The topological polar surface area (TPSA) is 47.2 Å². The van der Waals surface area contributed by atoms with E-state index in [2.05, 4.69) is 34.2 Å². The van der Waals surface area contributed by atoms with Crippen LogP contribution in [0.2, 0.25) is 0 Å². The maximum Gasteiger partial charge on any atom is 0.281 e. The molecule has 3 aromatic rings. The second-order valence-corrected chi connectivity index (χ2v) is 6.59. The van der Waals surface area contributed by atoms with E-state index in [0.717, 1.165) is 17.6 Å². The Labute approximate surface area is 137 Å². The highest BCUT2D eigenvalue weighted by Gasteiger charge is 2.21. The van der Waals surface area contributed by atoms with E-state index in [1.54, 1.807) is 35.9 Å². The third-order valence-electron chi connectivity index (χ3n) is 4.10. The summed E-state index contributed by atoms with van der Waals surface area (Å²) in [6, 6.07) is 11.9. The third-order valence-corrected chi connectivity index (χ3v) is 5.29. The zero-order valence-corrected chi connectivity index (χ0v) is 13.5. The van der Waals surface area contributed by atoms with Gasteiger partial charge in [0.2, 0.25) is 0 Å². The highest BCUT2D eigenvalue weighted by molar-refractivity contribution is 7.09. The third kappa shape index (κ3) is 2.43. The SMILES string of the molecule is Cn1c2c(sc1=NC(=O)c1cccnc1)CCc1ccccc1-2. The Morgan fingerprint density at radius 2 is 2.09 bits per heavy atom. The molecule has 0 unspecified atom stereocenters. The Balaban J connectivity index is 1.83. The monoisotopic (exact) mass is 321 g/mol. The van der Waals surface area contributed by atoms with Gasteiger partial charge in [-0.1, -0.05) is 24.3 Å². The number of aryl methyl sites for hydroxylation is 2. The number of thiazole rings is 1. The maximum absolute atomic E-state index is 12.3. The van der Waals surface area contributed by atoms with Crippen LogP contribution in [0, 0.1) is 0 Å². The fraction of sp³-hybridized carbons (Fsp3) is 0.167. The van der Waals surface area contributed by atoms with Gasteiger partial charge >= 0.3 is 0 Å². The molecule has 114 valence electrons. The van der Waals surface area contributed by atoms with Crippen LogP contribution in [0.1, 0.15) is 20.8 Å². The van der Waals surface area contributed by atoms with E-state index in [1.165, 1.54) is 21.7 Å². The van der Waals surface area contributed by atoms with Crippen LogP contribution in [-0.2, 0) is 19.9 Å². The second-order valence-electron chi connectivity index (χ2n) is 5.53. The lowest BCUT2D eigenvalue weighted by Crippen LogP contribution is -2.15. The summed E-state index contributed by atoms with van der Waals surface area (Å²) >= 11 is 1.60. The normalized spacial score (nSPS) is 13.5. The van der Waals surface area contributed by atoms with E-state index in [9.17, 15) is 4.79 Å². The fourth-order valence-electron chi connectivity index (χ4n) is 2.97. The minimum absolute atomic E-state index is 0.249. The molecule has 2 aromatic heterocycles. The quantitative estimate of drug-likeness (QED) is 0.692. The molecule has 0 saturated heterocycles. The lowest BCUT2D eigenvalue weighted by molar-refractivity contribution is 0.0997. The average Bonchev–Trinajstić information content (AvgIpc) is 2.92. The van der Waals surface area contributed by atoms with Gasteiger partial charge in [0.25, 0.3) is 5.91 Å². The number of aromatic nitrogens is 2. The molecule has 4 nitrogen and oxygen atoms in total. The Morgan fingerprint density at radius 3 is 2.91 bits per heavy atom. The number of benzene rings is 1. The number of carbonyl (C=O) groups excluding carboxylic acids is 1. The van der Waals surface area contributed by atoms with Crippen LogP contribution < -0.4 is 4.80 Å². The molecule has 4 rings (SSSR count). The van der Waals surface area contributed by atoms with Gasteiger partial charge in [0.05, 0.1) is 11.3 Å². The summed E-state index contributed by atoms with van der Waals surface area (Å²) in [5.74, 6) is -0.249. The minimum atomic E-state index is -0.249. The van der Waals surface area contributed by atoms with Gasteiger partial charge in [0.1, 0.15) is 0 Å². The number of rotatable bonds is 1. The maximum atomic E-state index is 12.3. The fourth-order valence-corrected chi connectivity index (χ4v) is 4.09. The molecular formula is C18H15N3OS. The van der Waals surface area contributed by atoms with Gasteiger partial charge in [0, 0.05) is 29.9 Å². The Kier molecular flexibility index (Phi) is 3.42. The molecule has 0 aliphatic heterocycles. The first kappa shape index (κ1) is 14.1. The van der Waals surface area contributed by atoms with Crippen LogP contribution in [0.4, 0.5) is 0 Å². The van der Waals surface area contributed by atoms with Crippen LogP contribution in [0.15, 0.2) is 53.8 Å². The predicted molar refractivity (Wildman–Crippen MR) is 90.3 cm³/mol. The Bertz CT molecular complexity index is 954. The van der Waals surface area contributed by atoms with E-state index < -0.39 is 0 Å². The van der Waals surface area contributed by atoms with Crippen molar-refractivity contribution in [3.05, 3.63) is 69.6 Å². The molecule has 2 heterocycles. The Hall–Kier alpha value is -2.53. The van der Waals surface area contributed by atoms with Crippen LogP contribution in [0.25, 0.3) is 11.3 Å². The molecule has 0 atom stereocenters. The number of carbonyl (C=O) groups is 1. The number of hydrogen-bond donors (Lipinski definition) is 0. The summed E-state index contributed by atoms with van der Waals surface area (Å²) in [6.07, 6.45) is 5.24. The minimum Gasteiger partial charge on any atom is -0.319 e. The van der Waals surface area contributed by atoms with Gasteiger partial charge in [0.15, 0.2) is 4.80 Å². The number of fused-ring (bicyclic) bond motifs is 3. The van der Waals surface area contributed by atoms with E-state index in [0.29, 0.717) is 5.56 Å². The zero-order chi connectivity index (χ0) is 15.8. The van der Waals surface area contributed by atoms with Crippen molar-refractivity contribution in [1.82, 2.24) is 9.55 Å². The van der Waals surface area contributed by atoms with Gasteiger partial charge in [-0.3, -0.25) is 9.78 Å². The smallest absolute Gasteiger partial charge is 0.281 e. The van der Waals surface area contributed by atoms with E-state index in [1.807, 2.05) is 11.6 Å². The van der Waals surface area contributed by atoms with Crippen molar-refractivity contribution in [2.75, 3.05) is 0 Å². The first-order valence-electron chi connectivity index (χ1n) is 7.50. The van der Waals surface area contributed by atoms with Gasteiger partial charge in [-0.05, 0) is 30.5 Å². The van der Waals surface area contributed by atoms with Crippen LogP contribution >= 0.6 is 11.3 Å². The van der Waals surface area contributed by atoms with Crippen molar-refractivity contribution >= 4 is 17.2 Å². The molecule has 0 radical (unpaired) electrons. The molecule has 0 saturated carbocycles. The van der Waals surface area contributed by atoms with E-state index in [4.69, 9.17) is 0 Å². The summed E-state index contributed by atoms with van der Waals surface area (Å²) in [5, 5.41) is 0. The average molecular weight is 321 g/mol. The Morgan fingerprint density at radius 1 is 1.22 bits per heavy atom. The van der Waals surface area contributed by atoms with Gasteiger partial charge in [-0.25, -0.2) is 0 Å². The van der Waals surface area contributed by atoms with Crippen LogP contribution in [0.5, 0.6) is 0 Å². The second kappa shape index (κ2) is 5.59. The molecule has 0 spiro atoms. The molecule has 1 aromatic carbocycles. The van der Waals surface area contributed by atoms with E-state index in [-0.39, 0.29) is 5.91 Å². The predicted octanol–water partition coefficient (Wildman–Crippen LogP) is 2.99. The number of nitrogens with zero attached hydrogens (tertiary/aromatic N) is 3. The van der Waals surface area contributed by atoms with Gasteiger partial charge < -0.3 is 4.57 Å². The first-order valence-corrected chi connectivity index (χ1v) is 8.32.